The number of pyridine rings is 1. The summed E-state index contributed by atoms with van der Waals surface area (Å²) in [5.41, 5.74) is 1.37. The lowest BCUT2D eigenvalue weighted by Gasteiger charge is -2.06. The summed E-state index contributed by atoms with van der Waals surface area (Å²) in [5, 5.41) is 7.39. The van der Waals surface area contributed by atoms with Gasteiger partial charge in [-0.1, -0.05) is 6.07 Å². The zero-order chi connectivity index (χ0) is 10.1. The lowest BCUT2D eigenvalue weighted by molar-refractivity contribution is -0.0536. The molecule has 74 valence electrons. The second-order valence-electron chi connectivity index (χ2n) is 2.76. The fraction of sp³-hybridized carbons (Fsp3) is 0.250. The number of hydrogen-bond donors (Lipinski definition) is 0. The molecule has 0 radical (unpaired) electrons. The highest BCUT2D eigenvalue weighted by Gasteiger charge is 2.09. The molecule has 6 heteroatoms. The van der Waals surface area contributed by atoms with Crippen LogP contribution in [-0.4, -0.2) is 21.2 Å². The van der Waals surface area contributed by atoms with Crippen LogP contribution in [0, 0.1) is 6.92 Å². The molecule has 0 aliphatic heterocycles. The summed E-state index contributed by atoms with van der Waals surface area (Å²) < 4.78 is 29.6. The Morgan fingerprint density at radius 2 is 2.21 bits per heavy atom. The first-order valence-electron chi connectivity index (χ1n) is 3.92. The van der Waals surface area contributed by atoms with Crippen molar-refractivity contribution >= 4 is 5.65 Å². The SMILES string of the molecule is Cc1ccc(OC(F)F)n2cnnc12. The van der Waals surface area contributed by atoms with Crippen molar-refractivity contribution in [1.82, 2.24) is 14.6 Å². The maximum absolute atomic E-state index is 12.0. The minimum atomic E-state index is -2.84. The zero-order valence-corrected chi connectivity index (χ0v) is 7.32. The van der Waals surface area contributed by atoms with Gasteiger partial charge in [-0.3, -0.25) is 4.40 Å². The van der Waals surface area contributed by atoms with Gasteiger partial charge < -0.3 is 4.74 Å². The molecule has 0 unspecified atom stereocenters. The lowest BCUT2D eigenvalue weighted by Crippen LogP contribution is -2.05. The van der Waals surface area contributed by atoms with Gasteiger partial charge in [0.1, 0.15) is 6.33 Å². The van der Waals surface area contributed by atoms with Crippen LogP contribution < -0.4 is 4.74 Å². The number of aromatic nitrogens is 3. The van der Waals surface area contributed by atoms with Crippen molar-refractivity contribution in [3.05, 3.63) is 24.0 Å². The van der Waals surface area contributed by atoms with Crippen LogP contribution in [0.4, 0.5) is 8.78 Å². The summed E-state index contributed by atoms with van der Waals surface area (Å²) in [7, 11) is 0. The molecule has 0 aromatic carbocycles. The molecular formula is C8H7F2N3O. The zero-order valence-electron chi connectivity index (χ0n) is 7.32. The highest BCUT2D eigenvalue weighted by Crippen LogP contribution is 2.18. The molecule has 0 aliphatic carbocycles. The Kier molecular flexibility index (Phi) is 2.03. The topological polar surface area (TPSA) is 39.4 Å². The highest BCUT2D eigenvalue weighted by atomic mass is 19.3. The van der Waals surface area contributed by atoms with Crippen LogP contribution in [0.3, 0.4) is 0 Å². The Morgan fingerprint density at radius 3 is 2.93 bits per heavy atom. The number of aryl methyl sites for hydroxylation is 1. The number of fused-ring (bicyclic) bond motifs is 1. The third kappa shape index (κ3) is 1.39. The summed E-state index contributed by atoms with van der Waals surface area (Å²) >= 11 is 0. The van der Waals surface area contributed by atoms with Gasteiger partial charge in [0.2, 0.25) is 5.88 Å². The minimum Gasteiger partial charge on any atom is -0.418 e. The Bertz CT molecular complexity index is 455. The average Bonchev–Trinajstić information content (AvgIpc) is 2.58. The average molecular weight is 199 g/mol. The van der Waals surface area contributed by atoms with Crippen molar-refractivity contribution in [3.63, 3.8) is 0 Å². The lowest BCUT2D eigenvalue weighted by atomic mass is 10.3. The molecule has 0 atom stereocenters. The standard InChI is InChI=1S/C8H7F2N3O/c1-5-2-3-6(14-8(9)10)13-4-11-12-7(5)13/h2-4,8H,1H3. The van der Waals surface area contributed by atoms with Crippen molar-refractivity contribution in [2.45, 2.75) is 13.5 Å². The Labute approximate surface area is 78.1 Å². The van der Waals surface area contributed by atoms with E-state index in [1.54, 1.807) is 6.07 Å². The molecule has 2 aromatic heterocycles. The number of nitrogens with zero attached hydrogens (tertiary/aromatic N) is 3. The molecule has 14 heavy (non-hydrogen) atoms. The maximum Gasteiger partial charge on any atom is 0.388 e. The Balaban J connectivity index is 2.55. The predicted molar refractivity (Wildman–Crippen MR) is 44.4 cm³/mol. The largest absolute Gasteiger partial charge is 0.418 e. The van der Waals surface area contributed by atoms with Gasteiger partial charge in [0.05, 0.1) is 0 Å². The van der Waals surface area contributed by atoms with Crippen LogP contribution in [0.1, 0.15) is 5.56 Å². The van der Waals surface area contributed by atoms with Crippen molar-refractivity contribution in [1.29, 1.82) is 0 Å². The maximum atomic E-state index is 12.0. The van der Waals surface area contributed by atoms with E-state index in [1.807, 2.05) is 6.92 Å². The molecular weight excluding hydrogens is 192 g/mol. The van der Waals surface area contributed by atoms with E-state index in [4.69, 9.17) is 0 Å². The number of ether oxygens (including phenoxy) is 1. The van der Waals surface area contributed by atoms with Crippen LogP contribution in [0.15, 0.2) is 18.5 Å². The normalized spacial score (nSPS) is 11.1. The predicted octanol–water partition coefficient (Wildman–Crippen LogP) is 1.64. The van der Waals surface area contributed by atoms with E-state index in [-0.39, 0.29) is 5.88 Å². The molecule has 0 saturated carbocycles. The fourth-order valence-corrected chi connectivity index (χ4v) is 1.20. The van der Waals surface area contributed by atoms with Crippen molar-refractivity contribution in [3.8, 4) is 5.88 Å². The number of halogens is 2. The van der Waals surface area contributed by atoms with Gasteiger partial charge in [-0.05, 0) is 18.6 Å². The Morgan fingerprint density at radius 1 is 1.43 bits per heavy atom. The van der Waals surface area contributed by atoms with Crippen molar-refractivity contribution in [2.75, 3.05) is 0 Å². The van der Waals surface area contributed by atoms with E-state index in [1.165, 1.54) is 16.8 Å². The van der Waals surface area contributed by atoms with E-state index >= 15 is 0 Å². The molecule has 0 spiro atoms. The van der Waals surface area contributed by atoms with E-state index in [0.29, 0.717) is 5.65 Å². The molecule has 0 fully saturated rings. The van der Waals surface area contributed by atoms with Crippen LogP contribution in [0.25, 0.3) is 5.65 Å². The van der Waals surface area contributed by atoms with Gasteiger partial charge in [0.25, 0.3) is 0 Å². The summed E-state index contributed by atoms with van der Waals surface area (Å²) in [6, 6.07) is 3.11. The van der Waals surface area contributed by atoms with Gasteiger partial charge in [0, 0.05) is 0 Å². The first-order chi connectivity index (χ1) is 6.68. The summed E-state index contributed by atoms with van der Waals surface area (Å²) in [4.78, 5) is 0. The molecule has 2 aromatic rings. The third-order valence-corrected chi connectivity index (χ3v) is 1.82. The van der Waals surface area contributed by atoms with Gasteiger partial charge in [-0.15, -0.1) is 10.2 Å². The van der Waals surface area contributed by atoms with Gasteiger partial charge in [0.15, 0.2) is 5.65 Å². The van der Waals surface area contributed by atoms with Crippen molar-refractivity contribution < 1.29 is 13.5 Å². The number of alkyl halides is 2. The molecule has 0 aliphatic rings. The molecule has 0 bridgehead atoms. The monoisotopic (exact) mass is 199 g/mol. The molecule has 2 rings (SSSR count). The quantitative estimate of drug-likeness (QED) is 0.738. The number of rotatable bonds is 2. The summed E-state index contributed by atoms with van der Waals surface area (Å²) in [6.07, 6.45) is 1.33. The van der Waals surface area contributed by atoms with Gasteiger partial charge in [-0.25, -0.2) is 0 Å². The van der Waals surface area contributed by atoms with Crippen molar-refractivity contribution in [2.24, 2.45) is 0 Å². The second-order valence-corrected chi connectivity index (χ2v) is 2.76. The van der Waals surface area contributed by atoms with Crippen LogP contribution in [0.2, 0.25) is 0 Å². The van der Waals surface area contributed by atoms with E-state index in [2.05, 4.69) is 14.9 Å². The van der Waals surface area contributed by atoms with E-state index < -0.39 is 6.61 Å². The molecule has 2 heterocycles. The van der Waals surface area contributed by atoms with Gasteiger partial charge in [-0.2, -0.15) is 8.78 Å². The second kappa shape index (κ2) is 3.21. The first-order valence-corrected chi connectivity index (χ1v) is 3.92. The van der Waals surface area contributed by atoms with E-state index in [0.717, 1.165) is 5.56 Å². The van der Waals surface area contributed by atoms with Crippen LogP contribution in [-0.2, 0) is 0 Å². The van der Waals surface area contributed by atoms with Crippen LogP contribution >= 0.6 is 0 Å². The molecule has 4 nitrogen and oxygen atoms in total. The number of hydrogen-bond acceptors (Lipinski definition) is 3. The smallest absolute Gasteiger partial charge is 0.388 e. The molecule has 0 amide bonds. The third-order valence-electron chi connectivity index (χ3n) is 1.82. The summed E-state index contributed by atoms with van der Waals surface area (Å²) in [6.45, 7) is -1.03. The highest BCUT2D eigenvalue weighted by molar-refractivity contribution is 5.48. The molecule has 0 N–H and O–H groups in total. The fourth-order valence-electron chi connectivity index (χ4n) is 1.20. The van der Waals surface area contributed by atoms with E-state index in [9.17, 15) is 8.78 Å². The van der Waals surface area contributed by atoms with Gasteiger partial charge >= 0.3 is 6.61 Å². The first kappa shape index (κ1) is 8.86. The molecule has 0 saturated heterocycles. The van der Waals surface area contributed by atoms with Crippen LogP contribution in [0.5, 0.6) is 5.88 Å². The summed E-state index contributed by atoms with van der Waals surface area (Å²) in [5.74, 6) is 0.0330. The Hall–Kier alpha value is -1.72. The minimum absolute atomic E-state index is 0.0330.